The lowest BCUT2D eigenvalue weighted by molar-refractivity contribution is -0.104. The fourth-order valence-electron chi connectivity index (χ4n) is 0.913. The van der Waals surface area contributed by atoms with Crippen molar-refractivity contribution in [3.8, 4) is 0 Å². The summed E-state index contributed by atoms with van der Waals surface area (Å²) >= 11 is 0. The highest BCUT2D eigenvalue weighted by atomic mass is 16.1. The van der Waals surface area contributed by atoms with Crippen molar-refractivity contribution < 1.29 is 9.59 Å². The van der Waals surface area contributed by atoms with Crippen LogP contribution >= 0.6 is 0 Å². The maximum Gasteiger partial charge on any atom is 0.150 e. The van der Waals surface area contributed by atoms with Crippen LogP contribution in [0.2, 0.25) is 0 Å². The molecule has 0 unspecified atom stereocenters. The molecule has 1 rings (SSSR count). The molecule has 0 radical (unpaired) electrons. The lowest BCUT2D eigenvalue weighted by Crippen LogP contribution is -1.83. The molecule has 1 aromatic rings. The highest BCUT2D eigenvalue weighted by Crippen LogP contribution is 2.07. The van der Waals surface area contributed by atoms with E-state index < -0.39 is 0 Å². The van der Waals surface area contributed by atoms with Crippen LogP contribution < -0.4 is 0 Å². The van der Waals surface area contributed by atoms with Crippen molar-refractivity contribution in [3.63, 3.8) is 0 Å². The van der Waals surface area contributed by atoms with Crippen LogP contribution in [0.5, 0.6) is 0 Å². The molecule has 0 aliphatic heterocycles. The summed E-state index contributed by atoms with van der Waals surface area (Å²) in [6, 6.07) is 7.08. The smallest absolute Gasteiger partial charge is 0.150 e. The second kappa shape index (κ2) is 4.23. The Morgan fingerprint density at radius 3 is 2.25 bits per heavy atom. The highest BCUT2D eigenvalue weighted by molar-refractivity contribution is 5.84. The Labute approximate surface area is 70.5 Å². The van der Waals surface area contributed by atoms with E-state index in [4.69, 9.17) is 0 Å². The predicted octanol–water partition coefficient (Wildman–Crippen LogP) is 1.71. The molecule has 1 aromatic carbocycles. The molecule has 0 spiro atoms. The molecule has 0 aliphatic carbocycles. The van der Waals surface area contributed by atoms with E-state index in [1.807, 2.05) is 6.07 Å². The molecule has 0 aliphatic rings. The van der Waals surface area contributed by atoms with E-state index in [9.17, 15) is 9.59 Å². The van der Waals surface area contributed by atoms with Gasteiger partial charge < -0.3 is 0 Å². The summed E-state index contributed by atoms with van der Waals surface area (Å²) in [7, 11) is 0. The molecule has 0 amide bonds. The monoisotopic (exact) mass is 160 g/mol. The summed E-state index contributed by atoms with van der Waals surface area (Å²) in [5, 5.41) is 0. The zero-order chi connectivity index (χ0) is 8.81. The maximum atomic E-state index is 10.5. The fourth-order valence-corrected chi connectivity index (χ4v) is 0.913. The molecule has 0 atom stereocenters. The topological polar surface area (TPSA) is 34.1 Å². The third-order valence-electron chi connectivity index (χ3n) is 1.48. The molecule has 0 bridgehead atoms. The number of aldehydes is 2. The van der Waals surface area contributed by atoms with Gasteiger partial charge in [-0.05, 0) is 11.6 Å². The Bertz CT molecular complexity index is 313. The summed E-state index contributed by atoms with van der Waals surface area (Å²) in [6.07, 6.45) is 4.42. The lowest BCUT2D eigenvalue weighted by Gasteiger charge is -1.95. The molecule has 0 saturated carbocycles. The van der Waals surface area contributed by atoms with E-state index >= 15 is 0 Å². The van der Waals surface area contributed by atoms with Gasteiger partial charge in [0.05, 0.1) is 0 Å². The molecule has 0 fully saturated rings. The van der Waals surface area contributed by atoms with Gasteiger partial charge in [0.25, 0.3) is 0 Å². The van der Waals surface area contributed by atoms with Crippen LogP contribution in [-0.4, -0.2) is 12.6 Å². The van der Waals surface area contributed by atoms with E-state index in [0.717, 1.165) is 11.8 Å². The molecule has 0 aromatic heterocycles. The first kappa shape index (κ1) is 8.40. The highest BCUT2D eigenvalue weighted by Gasteiger charge is 1.93. The normalized spacial score (nSPS) is 10.0. The van der Waals surface area contributed by atoms with Crippen LogP contribution in [0.3, 0.4) is 0 Å². The molecular weight excluding hydrogens is 152 g/mol. The molecule has 0 N–H and O–H groups in total. The van der Waals surface area contributed by atoms with Gasteiger partial charge in [-0.2, -0.15) is 0 Å². The Morgan fingerprint density at radius 2 is 1.67 bits per heavy atom. The van der Waals surface area contributed by atoms with Crippen molar-refractivity contribution in [2.24, 2.45) is 0 Å². The number of allylic oxidation sites excluding steroid dienone is 1. The molecule has 60 valence electrons. The van der Waals surface area contributed by atoms with Gasteiger partial charge in [0.1, 0.15) is 6.29 Å². The van der Waals surface area contributed by atoms with E-state index in [1.165, 1.54) is 6.08 Å². The maximum absolute atomic E-state index is 10.5. The standard InChI is InChI=1S/C10H8O2/c11-7-3-6-9-4-1-2-5-10(9)8-12/h1-8H/b6-3+. The molecule has 2 nitrogen and oxygen atoms in total. The van der Waals surface area contributed by atoms with E-state index in [1.54, 1.807) is 24.3 Å². The van der Waals surface area contributed by atoms with Gasteiger partial charge in [0, 0.05) is 5.56 Å². The molecule has 0 saturated heterocycles. The predicted molar refractivity (Wildman–Crippen MR) is 46.9 cm³/mol. The Morgan fingerprint density at radius 1 is 1.00 bits per heavy atom. The molecular formula is C10H8O2. The van der Waals surface area contributed by atoms with Gasteiger partial charge in [-0.1, -0.05) is 30.3 Å². The first-order chi connectivity index (χ1) is 5.88. The van der Waals surface area contributed by atoms with Gasteiger partial charge in [-0.25, -0.2) is 0 Å². The minimum absolute atomic E-state index is 0.593. The van der Waals surface area contributed by atoms with Gasteiger partial charge in [-0.15, -0.1) is 0 Å². The van der Waals surface area contributed by atoms with Crippen molar-refractivity contribution in [1.82, 2.24) is 0 Å². The second-order valence-electron chi connectivity index (χ2n) is 2.24. The third-order valence-corrected chi connectivity index (χ3v) is 1.48. The Kier molecular flexibility index (Phi) is 2.96. The van der Waals surface area contributed by atoms with Gasteiger partial charge >= 0.3 is 0 Å². The summed E-state index contributed by atoms with van der Waals surface area (Å²) in [4.78, 5) is 20.5. The number of hydrogen-bond acceptors (Lipinski definition) is 2. The van der Waals surface area contributed by atoms with Gasteiger partial charge in [0.15, 0.2) is 6.29 Å². The first-order valence-corrected chi connectivity index (χ1v) is 3.54. The van der Waals surface area contributed by atoms with Crippen molar-refractivity contribution in [1.29, 1.82) is 0 Å². The SMILES string of the molecule is O=C/C=C/c1ccccc1C=O. The number of carbonyl (C=O) groups excluding carboxylic acids is 2. The van der Waals surface area contributed by atoms with Crippen molar-refractivity contribution in [2.75, 3.05) is 0 Å². The summed E-state index contributed by atoms with van der Waals surface area (Å²) < 4.78 is 0. The summed E-state index contributed by atoms with van der Waals surface area (Å²) in [5.74, 6) is 0. The Balaban J connectivity index is 3.04. The fraction of sp³-hybridized carbons (Fsp3) is 0. The van der Waals surface area contributed by atoms with Gasteiger partial charge in [-0.3, -0.25) is 9.59 Å². The Hall–Kier alpha value is -1.70. The zero-order valence-corrected chi connectivity index (χ0v) is 6.44. The van der Waals surface area contributed by atoms with Crippen LogP contribution in [0.25, 0.3) is 6.08 Å². The molecule has 12 heavy (non-hydrogen) atoms. The van der Waals surface area contributed by atoms with Crippen LogP contribution in [0.1, 0.15) is 15.9 Å². The average molecular weight is 160 g/mol. The molecule has 2 heteroatoms. The van der Waals surface area contributed by atoms with Gasteiger partial charge in [0.2, 0.25) is 0 Å². The van der Waals surface area contributed by atoms with E-state index in [2.05, 4.69) is 0 Å². The minimum atomic E-state index is 0.593. The number of hydrogen-bond donors (Lipinski definition) is 0. The summed E-state index contributed by atoms with van der Waals surface area (Å²) in [6.45, 7) is 0. The minimum Gasteiger partial charge on any atom is -0.299 e. The quantitative estimate of drug-likeness (QED) is 0.498. The van der Waals surface area contributed by atoms with Crippen molar-refractivity contribution in [3.05, 3.63) is 41.5 Å². The average Bonchev–Trinajstić information content (AvgIpc) is 2.15. The van der Waals surface area contributed by atoms with Crippen LogP contribution in [0, 0.1) is 0 Å². The largest absolute Gasteiger partial charge is 0.299 e. The molecule has 0 heterocycles. The van der Waals surface area contributed by atoms with E-state index in [0.29, 0.717) is 11.8 Å². The number of rotatable bonds is 3. The van der Waals surface area contributed by atoms with Crippen molar-refractivity contribution in [2.45, 2.75) is 0 Å². The number of carbonyl (C=O) groups is 2. The zero-order valence-electron chi connectivity index (χ0n) is 6.44. The van der Waals surface area contributed by atoms with Crippen molar-refractivity contribution >= 4 is 18.6 Å². The third kappa shape index (κ3) is 1.89. The first-order valence-electron chi connectivity index (χ1n) is 3.54. The lowest BCUT2D eigenvalue weighted by atomic mass is 10.1. The second-order valence-corrected chi connectivity index (χ2v) is 2.24. The van der Waals surface area contributed by atoms with Crippen LogP contribution in [0.15, 0.2) is 30.3 Å². The number of benzene rings is 1. The van der Waals surface area contributed by atoms with Crippen LogP contribution in [-0.2, 0) is 4.79 Å². The summed E-state index contributed by atoms with van der Waals surface area (Å²) in [5.41, 5.74) is 1.36. The van der Waals surface area contributed by atoms with E-state index in [-0.39, 0.29) is 0 Å². The van der Waals surface area contributed by atoms with Crippen LogP contribution in [0.4, 0.5) is 0 Å².